The highest BCUT2D eigenvalue weighted by Gasteiger charge is 2.27. The van der Waals surface area contributed by atoms with Crippen molar-refractivity contribution in [3.63, 3.8) is 0 Å². The van der Waals surface area contributed by atoms with Gasteiger partial charge in [-0.05, 0) is 77.0 Å². The lowest BCUT2D eigenvalue weighted by molar-refractivity contribution is -0.870. The van der Waals surface area contributed by atoms with Crippen molar-refractivity contribution in [1.82, 2.24) is 0 Å². The van der Waals surface area contributed by atoms with E-state index >= 15 is 0 Å². The molecule has 0 aliphatic rings. The molecule has 0 amide bonds. The van der Waals surface area contributed by atoms with Crippen LogP contribution < -0.4 is 0 Å². The summed E-state index contributed by atoms with van der Waals surface area (Å²) in [6.07, 6.45) is 41.2. The van der Waals surface area contributed by atoms with Crippen LogP contribution in [0.15, 0.2) is 60.8 Å². The van der Waals surface area contributed by atoms with Gasteiger partial charge in [0.15, 0.2) is 6.10 Å². The fourth-order valence-electron chi connectivity index (χ4n) is 5.06. The molecule has 0 aliphatic heterocycles. The minimum Gasteiger partial charge on any atom is -0.462 e. The molecule has 2 unspecified atom stereocenters. The number of carbonyl (C=O) groups is 2. The second-order valence-corrected chi connectivity index (χ2v) is 16.1. The van der Waals surface area contributed by atoms with Gasteiger partial charge in [-0.2, -0.15) is 0 Å². The molecule has 10 heteroatoms. The molecule has 0 saturated heterocycles. The van der Waals surface area contributed by atoms with E-state index in [0.29, 0.717) is 17.4 Å². The SMILES string of the molecule is CC/C=C\C/C=C\C/C=C\C/C=C\CCCCCCC(=O)OC(COC(=O)CCCCCCC/C=C\CCCCC)COP(=O)(O)OCC[N+](C)(C)C. The first-order chi connectivity index (χ1) is 25.5. The topological polar surface area (TPSA) is 108 Å². The fraction of sp³-hybridized carbons (Fsp3) is 0.721. The normalized spacial score (nSPS) is 14.3. The van der Waals surface area contributed by atoms with Crippen LogP contribution in [0.25, 0.3) is 0 Å². The van der Waals surface area contributed by atoms with Crippen molar-refractivity contribution in [2.75, 3.05) is 47.5 Å². The summed E-state index contributed by atoms with van der Waals surface area (Å²) in [5.74, 6) is -0.844. The average Bonchev–Trinajstić information content (AvgIpc) is 3.10. The zero-order valence-electron chi connectivity index (χ0n) is 34.2. The molecule has 0 bridgehead atoms. The standard InChI is InChI=1S/C43H76NO8P/c1-6-8-10-12-14-16-18-20-21-22-23-24-26-28-30-32-34-36-43(46)52-41(40-51-53(47,48)50-38-37-44(3,4)5)39-49-42(45)35-33-31-29-27-25-19-17-15-13-11-9-7-2/h8,10,14-17,20-21,23-24,41H,6-7,9,11-13,18-19,22,25-40H2,1-5H3/p+1/b10-8-,16-14-,17-15-,21-20-,24-23-. The van der Waals surface area contributed by atoms with Gasteiger partial charge in [-0.25, -0.2) is 4.57 Å². The van der Waals surface area contributed by atoms with E-state index in [2.05, 4.69) is 74.6 Å². The smallest absolute Gasteiger partial charge is 0.462 e. The summed E-state index contributed by atoms with van der Waals surface area (Å²) < 4.78 is 34.2. The van der Waals surface area contributed by atoms with Crippen LogP contribution in [0.1, 0.15) is 149 Å². The van der Waals surface area contributed by atoms with Crippen LogP contribution in [0.5, 0.6) is 0 Å². The summed E-state index contributed by atoms with van der Waals surface area (Å²) in [5.41, 5.74) is 0. The third-order valence-corrected chi connectivity index (χ3v) is 9.27. The third-order valence-electron chi connectivity index (χ3n) is 8.28. The lowest BCUT2D eigenvalue weighted by Gasteiger charge is -2.24. The first-order valence-electron chi connectivity index (χ1n) is 20.5. The highest BCUT2D eigenvalue weighted by Crippen LogP contribution is 2.43. The van der Waals surface area contributed by atoms with Crippen molar-refractivity contribution in [2.24, 2.45) is 0 Å². The summed E-state index contributed by atoms with van der Waals surface area (Å²) >= 11 is 0. The predicted octanol–water partition coefficient (Wildman–Crippen LogP) is 11.3. The molecular formula is C43H77NO8P+. The number of rotatable bonds is 36. The number of hydrogen-bond donors (Lipinski definition) is 1. The summed E-state index contributed by atoms with van der Waals surface area (Å²) in [4.78, 5) is 35.2. The van der Waals surface area contributed by atoms with Crippen LogP contribution in [0.3, 0.4) is 0 Å². The van der Waals surface area contributed by atoms with E-state index in [1.54, 1.807) is 0 Å². The van der Waals surface area contributed by atoms with Crippen LogP contribution in [0.4, 0.5) is 0 Å². The second kappa shape index (κ2) is 35.4. The van der Waals surface area contributed by atoms with Crippen LogP contribution >= 0.6 is 7.82 Å². The molecular weight excluding hydrogens is 689 g/mol. The Hall–Kier alpha value is -2.29. The van der Waals surface area contributed by atoms with Crippen molar-refractivity contribution >= 4 is 19.8 Å². The molecule has 0 aromatic carbocycles. The number of unbranched alkanes of at least 4 members (excludes halogenated alkanes) is 12. The molecule has 0 spiro atoms. The molecule has 0 aromatic heterocycles. The van der Waals surface area contributed by atoms with Crippen molar-refractivity contribution in [3.05, 3.63) is 60.8 Å². The summed E-state index contributed by atoms with van der Waals surface area (Å²) in [6.45, 7) is 4.22. The molecule has 0 rings (SSSR count). The lowest BCUT2D eigenvalue weighted by atomic mass is 10.1. The van der Waals surface area contributed by atoms with E-state index in [0.717, 1.165) is 89.9 Å². The molecule has 1 N–H and O–H groups in total. The number of nitrogens with zero attached hydrogens (tertiary/aromatic N) is 1. The van der Waals surface area contributed by atoms with E-state index in [1.165, 1.54) is 25.7 Å². The Bertz CT molecular complexity index is 1090. The number of ether oxygens (including phenoxy) is 2. The van der Waals surface area contributed by atoms with E-state index in [1.807, 2.05) is 21.1 Å². The Labute approximate surface area is 324 Å². The minimum atomic E-state index is -4.38. The van der Waals surface area contributed by atoms with Gasteiger partial charge in [-0.15, -0.1) is 0 Å². The number of likely N-dealkylation sites (N-methyl/N-ethyl adjacent to an activating group) is 1. The van der Waals surface area contributed by atoms with Gasteiger partial charge in [0.2, 0.25) is 0 Å². The molecule has 0 aromatic rings. The van der Waals surface area contributed by atoms with Gasteiger partial charge in [0.05, 0.1) is 27.7 Å². The molecule has 9 nitrogen and oxygen atoms in total. The van der Waals surface area contributed by atoms with Crippen molar-refractivity contribution < 1.29 is 42.1 Å². The van der Waals surface area contributed by atoms with E-state index in [4.69, 9.17) is 18.5 Å². The van der Waals surface area contributed by atoms with E-state index in [-0.39, 0.29) is 32.0 Å². The maximum Gasteiger partial charge on any atom is 0.472 e. The van der Waals surface area contributed by atoms with Crippen LogP contribution in [0.2, 0.25) is 0 Å². The number of hydrogen-bond acceptors (Lipinski definition) is 7. The predicted molar refractivity (Wildman–Crippen MR) is 219 cm³/mol. The summed E-state index contributed by atoms with van der Waals surface area (Å²) in [5, 5.41) is 0. The van der Waals surface area contributed by atoms with Gasteiger partial charge in [-0.3, -0.25) is 18.6 Å². The van der Waals surface area contributed by atoms with Gasteiger partial charge < -0.3 is 18.9 Å². The largest absolute Gasteiger partial charge is 0.472 e. The maximum atomic E-state index is 12.7. The molecule has 0 aliphatic carbocycles. The van der Waals surface area contributed by atoms with Crippen LogP contribution in [-0.4, -0.2) is 74.9 Å². The second-order valence-electron chi connectivity index (χ2n) is 14.6. The molecule has 2 atom stereocenters. The highest BCUT2D eigenvalue weighted by atomic mass is 31.2. The monoisotopic (exact) mass is 767 g/mol. The number of phosphoric ester groups is 1. The van der Waals surface area contributed by atoms with E-state index in [9.17, 15) is 19.0 Å². The number of phosphoric acid groups is 1. The zero-order chi connectivity index (χ0) is 39.3. The van der Waals surface area contributed by atoms with E-state index < -0.39 is 26.5 Å². The quantitative estimate of drug-likeness (QED) is 0.0221. The van der Waals surface area contributed by atoms with Gasteiger partial charge in [0.25, 0.3) is 0 Å². The number of quaternary nitrogens is 1. The van der Waals surface area contributed by atoms with Gasteiger partial charge in [-0.1, -0.05) is 120 Å². The van der Waals surface area contributed by atoms with Crippen molar-refractivity contribution in [1.29, 1.82) is 0 Å². The molecule has 53 heavy (non-hydrogen) atoms. The van der Waals surface area contributed by atoms with Crippen molar-refractivity contribution in [3.8, 4) is 0 Å². The molecule has 0 radical (unpaired) electrons. The first-order valence-corrected chi connectivity index (χ1v) is 22.0. The lowest BCUT2D eigenvalue weighted by Crippen LogP contribution is -2.37. The zero-order valence-corrected chi connectivity index (χ0v) is 35.1. The van der Waals surface area contributed by atoms with Crippen molar-refractivity contribution in [2.45, 2.75) is 155 Å². The number of carbonyl (C=O) groups excluding carboxylic acids is 2. The highest BCUT2D eigenvalue weighted by molar-refractivity contribution is 7.47. The Morgan fingerprint density at radius 2 is 1.08 bits per heavy atom. The molecule has 0 heterocycles. The van der Waals surface area contributed by atoms with Crippen LogP contribution in [0, 0.1) is 0 Å². The molecule has 0 saturated carbocycles. The summed E-state index contributed by atoms with van der Waals surface area (Å²) in [6, 6.07) is 0. The number of allylic oxidation sites excluding steroid dienone is 10. The minimum absolute atomic E-state index is 0.0226. The van der Waals surface area contributed by atoms with Gasteiger partial charge in [0, 0.05) is 12.8 Å². The first kappa shape index (κ1) is 50.7. The summed E-state index contributed by atoms with van der Waals surface area (Å²) in [7, 11) is 1.44. The fourth-order valence-corrected chi connectivity index (χ4v) is 5.80. The number of esters is 2. The van der Waals surface area contributed by atoms with Crippen LogP contribution in [-0.2, 0) is 32.7 Å². The Kier molecular flexibility index (Phi) is 33.9. The van der Waals surface area contributed by atoms with Gasteiger partial charge in [0.1, 0.15) is 19.8 Å². The third kappa shape index (κ3) is 39.2. The van der Waals surface area contributed by atoms with Gasteiger partial charge >= 0.3 is 19.8 Å². The molecule has 306 valence electrons. The average molecular weight is 767 g/mol. The Balaban J connectivity index is 4.47. The Morgan fingerprint density at radius 3 is 1.62 bits per heavy atom. The Morgan fingerprint density at radius 1 is 0.604 bits per heavy atom. The molecule has 0 fully saturated rings. The maximum absolute atomic E-state index is 12.7.